The van der Waals surface area contributed by atoms with Crippen molar-refractivity contribution in [3.05, 3.63) is 84.4 Å². The third kappa shape index (κ3) is 4.73. The standard InChI is InChI=1S/C23H23NO2/c1-2-3-17-26-22-15-11-20(12-16-22)23(25)24-21-13-9-19(10-14-21)18-7-5-4-6-8-18/h4-16H,2-3,17H2,1H3,(H,24,25). The first-order valence-corrected chi connectivity index (χ1v) is 8.96. The number of amides is 1. The van der Waals surface area contributed by atoms with Gasteiger partial charge in [-0.25, -0.2) is 0 Å². The van der Waals surface area contributed by atoms with Gasteiger partial charge in [-0.05, 0) is 53.9 Å². The van der Waals surface area contributed by atoms with Gasteiger partial charge in [0.2, 0.25) is 0 Å². The summed E-state index contributed by atoms with van der Waals surface area (Å²) in [7, 11) is 0. The molecule has 3 nitrogen and oxygen atoms in total. The largest absolute Gasteiger partial charge is 0.494 e. The van der Waals surface area contributed by atoms with E-state index in [1.807, 2.05) is 54.6 Å². The van der Waals surface area contributed by atoms with Crippen molar-refractivity contribution >= 4 is 11.6 Å². The smallest absolute Gasteiger partial charge is 0.255 e. The number of rotatable bonds is 7. The van der Waals surface area contributed by atoms with Crippen LogP contribution < -0.4 is 10.1 Å². The fourth-order valence-corrected chi connectivity index (χ4v) is 2.62. The van der Waals surface area contributed by atoms with Crippen LogP contribution in [0.4, 0.5) is 5.69 Å². The number of hydrogen-bond donors (Lipinski definition) is 1. The highest BCUT2D eigenvalue weighted by molar-refractivity contribution is 6.04. The van der Waals surface area contributed by atoms with Gasteiger partial charge in [0.1, 0.15) is 5.75 Å². The number of nitrogens with one attached hydrogen (secondary N) is 1. The minimum atomic E-state index is -0.127. The second-order valence-electron chi connectivity index (χ2n) is 6.12. The van der Waals surface area contributed by atoms with E-state index < -0.39 is 0 Å². The Hall–Kier alpha value is -3.07. The third-order valence-corrected chi connectivity index (χ3v) is 4.13. The van der Waals surface area contributed by atoms with Gasteiger partial charge in [-0.1, -0.05) is 55.8 Å². The molecular formula is C23H23NO2. The van der Waals surface area contributed by atoms with Crippen molar-refractivity contribution < 1.29 is 9.53 Å². The Bertz CT molecular complexity index is 824. The molecule has 0 saturated carbocycles. The molecule has 0 radical (unpaired) electrons. The van der Waals surface area contributed by atoms with Crippen LogP contribution >= 0.6 is 0 Å². The first-order valence-electron chi connectivity index (χ1n) is 8.96. The van der Waals surface area contributed by atoms with Crippen molar-refractivity contribution in [3.8, 4) is 16.9 Å². The summed E-state index contributed by atoms with van der Waals surface area (Å²) in [5, 5.41) is 2.93. The van der Waals surface area contributed by atoms with Gasteiger partial charge in [0, 0.05) is 11.3 Å². The fourth-order valence-electron chi connectivity index (χ4n) is 2.62. The summed E-state index contributed by atoms with van der Waals surface area (Å²) in [5.74, 6) is 0.666. The Morgan fingerprint density at radius 1 is 0.846 bits per heavy atom. The zero-order valence-electron chi connectivity index (χ0n) is 14.9. The van der Waals surface area contributed by atoms with Gasteiger partial charge in [-0.15, -0.1) is 0 Å². The quantitative estimate of drug-likeness (QED) is 0.551. The molecule has 3 aromatic carbocycles. The normalized spacial score (nSPS) is 10.3. The highest BCUT2D eigenvalue weighted by atomic mass is 16.5. The van der Waals surface area contributed by atoms with Crippen LogP contribution in [0.2, 0.25) is 0 Å². The van der Waals surface area contributed by atoms with Crippen LogP contribution in [-0.4, -0.2) is 12.5 Å². The molecule has 0 saturated heterocycles. The fraction of sp³-hybridized carbons (Fsp3) is 0.174. The molecule has 0 bridgehead atoms. The average molecular weight is 345 g/mol. The molecule has 0 unspecified atom stereocenters. The van der Waals surface area contributed by atoms with E-state index in [-0.39, 0.29) is 5.91 Å². The van der Waals surface area contributed by atoms with Crippen LogP contribution in [0.5, 0.6) is 5.75 Å². The molecule has 3 heteroatoms. The maximum Gasteiger partial charge on any atom is 0.255 e. The van der Waals surface area contributed by atoms with Crippen LogP contribution in [0.1, 0.15) is 30.1 Å². The van der Waals surface area contributed by atoms with Gasteiger partial charge in [-0.2, -0.15) is 0 Å². The van der Waals surface area contributed by atoms with Gasteiger partial charge in [0.05, 0.1) is 6.61 Å². The molecule has 0 spiro atoms. The average Bonchev–Trinajstić information content (AvgIpc) is 2.70. The number of hydrogen-bond acceptors (Lipinski definition) is 2. The predicted octanol–water partition coefficient (Wildman–Crippen LogP) is 5.78. The van der Waals surface area contributed by atoms with Crippen molar-refractivity contribution in [1.82, 2.24) is 0 Å². The first-order chi connectivity index (χ1) is 12.8. The Labute approximate surface area is 154 Å². The van der Waals surface area contributed by atoms with E-state index in [1.165, 1.54) is 0 Å². The van der Waals surface area contributed by atoms with Gasteiger partial charge in [0.25, 0.3) is 5.91 Å². The molecule has 0 heterocycles. The van der Waals surface area contributed by atoms with Gasteiger partial charge in [-0.3, -0.25) is 4.79 Å². The van der Waals surface area contributed by atoms with E-state index in [0.29, 0.717) is 12.2 Å². The van der Waals surface area contributed by atoms with Crippen LogP contribution in [-0.2, 0) is 0 Å². The van der Waals surface area contributed by atoms with E-state index in [0.717, 1.165) is 35.4 Å². The summed E-state index contributed by atoms with van der Waals surface area (Å²) >= 11 is 0. The Morgan fingerprint density at radius 3 is 2.15 bits per heavy atom. The maximum absolute atomic E-state index is 12.4. The highest BCUT2D eigenvalue weighted by Crippen LogP contribution is 2.21. The summed E-state index contributed by atoms with van der Waals surface area (Å²) in [6.45, 7) is 2.83. The summed E-state index contributed by atoms with van der Waals surface area (Å²) < 4.78 is 5.62. The van der Waals surface area contributed by atoms with Crippen molar-refractivity contribution in [2.75, 3.05) is 11.9 Å². The second kappa shape index (κ2) is 8.86. The molecule has 26 heavy (non-hydrogen) atoms. The van der Waals surface area contributed by atoms with Gasteiger partial charge in [0.15, 0.2) is 0 Å². The highest BCUT2D eigenvalue weighted by Gasteiger charge is 2.07. The molecule has 0 aliphatic heterocycles. The van der Waals surface area contributed by atoms with Crippen molar-refractivity contribution in [1.29, 1.82) is 0 Å². The summed E-state index contributed by atoms with van der Waals surface area (Å²) in [6, 6.07) is 25.3. The lowest BCUT2D eigenvalue weighted by molar-refractivity contribution is 0.102. The first kappa shape index (κ1) is 17.7. The SMILES string of the molecule is CCCCOc1ccc(C(=O)Nc2ccc(-c3ccccc3)cc2)cc1. The van der Waals surface area contributed by atoms with Crippen LogP contribution in [0.15, 0.2) is 78.9 Å². The van der Waals surface area contributed by atoms with Gasteiger partial charge >= 0.3 is 0 Å². The van der Waals surface area contributed by atoms with E-state index >= 15 is 0 Å². The van der Waals surface area contributed by atoms with Crippen molar-refractivity contribution in [2.45, 2.75) is 19.8 Å². The van der Waals surface area contributed by atoms with Gasteiger partial charge < -0.3 is 10.1 Å². The molecule has 3 aromatic rings. The monoisotopic (exact) mass is 345 g/mol. The molecule has 3 rings (SSSR count). The predicted molar refractivity (Wildman–Crippen MR) is 107 cm³/mol. The number of ether oxygens (including phenoxy) is 1. The lowest BCUT2D eigenvalue weighted by atomic mass is 10.1. The molecule has 0 aromatic heterocycles. The molecule has 1 N–H and O–H groups in total. The van der Waals surface area contributed by atoms with Crippen molar-refractivity contribution in [2.24, 2.45) is 0 Å². The number of carbonyl (C=O) groups is 1. The number of anilines is 1. The molecule has 0 aliphatic carbocycles. The van der Waals surface area contributed by atoms with E-state index in [2.05, 4.69) is 24.4 Å². The van der Waals surface area contributed by atoms with E-state index in [9.17, 15) is 4.79 Å². The minimum absolute atomic E-state index is 0.127. The molecule has 132 valence electrons. The van der Waals surface area contributed by atoms with Crippen molar-refractivity contribution in [3.63, 3.8) is 0 Å². The molecule has 0 atom stereocenters. The molecular weight excluding hydrogens is 322 g/mol. The molecule has 0 aliphatic rings. The Balaban J connectivity index is 1.61. The second-order valence-corrected chi connectivity index (χ2v) is 6.12. The minimum Gasteiger partial charge on any atom is -0.494 e. The van der Waals surface area contributed by atoms with E-state index in [1.54, 1.807) is 12.1 Å². The van der Waals surface area contributed by atoms with Crippen LogP contribution in [0, 0.1) is 0 Å². The maximum atomic E-state index is 12.4. The molecule has 1 amide bonds. The number of carbonyl (C=O) groups excluding carboxylic acids is 1. The van der Waals surface area contributed by atoms with Crippen LogP contribution in [0.25, 0.3) is 11.1 Å². The zero-order valence-corrected chi connectivity index (χ0v) is 14.9. The number of unbranched alkanes of at least 4 members (excludes halogenated alkanes) is 1. The summed E-state index contributed by atoms with van der Waals surface area (Å²) in [6.07, 6.45) is 2.13. The Kier molecular flexibility index (Phi) is 6.05. The molecule has 0 fully saturated rings. The third-order valence-electron chi connectivity index (χ3n) is 4.13. The number of benzene rings is 3. The zero-order chi connectivity index (χ0) is 18.2. The summed E-state index contributed by atoms with van der Waals surface area (Å²) in [5.41, 5.74) is 3.67. The summed E-state index contributed by atoms with van der Waals surface area (Å²) in [4.78, 5) is 12.4. The topological polar surface area (TPSA) is 38.3 Å². The lowest BCUT2D eigenvalue weighted by Crippen LogP contribution is -2.11. The van der Waals surface area contributed by atoms with Crippen LogP contribution in [0.3, 0.4) is 0 Å². The Morgan fingerprint density at radius 2 is 1.50 bits per heavy atom. The lowest BCUT2D eigenvalue weighted by Gasteiger charge is -2.08. The van der Waals surface area contributed by atoms with E-state index in [4.69, 9.17) is 4.74 Å².